The number of rotatable bonds is 3. The van der Waals surface area contributed by atoms with Gasteiger partial charge in [0.1, 0.15) is 9.96 Å². The molecule has 2 heterocycles. The number of hydrogen-bond donors (Lipinski definition) is 1. The molecule has 1 aliphatic heterocycles. The smallest absolute Gasteiger partial charge is 0.271 e. The van der Waals surface area contributed by atoms with E-state index in [0.717, 1.165) is 18.4 Å². The van der Waals surface area contributed by atoms with Crippen molar-refractivity contribution in [1.29, 1.82) is 0 Å². The molecule has 1 aromatic carbocycles. The Labute approximate surface area is 116 Å². The van der Waals surface area contributed by atoms with Crippen LogP contribution in [0, 0.1) is 0 Å². The summed E-state index contributed by atoms with van der Waals surface area (Å²) in [6.07, 6.45) is 1.89. The van der Waals surface area contributed by atoms with Crippen LogP contribution < -0.4 is 9.46 Å². The van der Waals surface area contributed by atoms with Crippen molar-refractivity contribution >= 4 is 27.0 Å². The van der Waals surface area contributed by atoms with Crippen molar-refractivity contribution in [3.8, 4) is 5.75 Å². The molecule has 0 radical (unpaired) electrons. The summed E-state index contributed by atoms with van der Waals surface area (Å²) < 4.78 is 32.9. The first-order valence-corrected chi connectivity index (χ1v) is 8.34. The largest absolute Gasteiger partial charge is 0.491 e. The maximum atomic E-state index is 12.2. The van der Waals surface area contributed by atoms with Gasteiger partial charge in [0.05, 0.1) is 12.3 Å². The highest BCUT2D eigenvalue weighted by Crippen LogP contribution is 2.34. The van der Waals surface area contributed by atoms with E-state index >= 15 is 0 Å². The molecule has 0 aliphatic carbocycles. The van der Waals surface area contributed by atoms with E-state index in [-0.39, 0.29) is 0 Å². The van der Waals surface area contributed by atoms with Crippen molar-refractivity contribution in [2.24, 2.45) is 0 Å². The molecule has 1 aliphatic rings. The Hall–Kier alpha value is -1.53. The van der Waals surface area contributed by atoms with E-state index in [1.54, 1.807) is 23.6 Å². The minimum atomic E-state index is -3.51. The second-order valence-electron chi connectivity index (χ2n) is 4.28. The molecule has 0 saturated carbocycles. The monoisotopic (exact) mass is 295 g/mol. The van der Waals surface area contributed by atoms with E-state index in [9.17, 15) is 8.42 Å². The summed E-state index contributed by atoms with van der Waals surface area (Å²) in [7, 11) is -3.51. The van der Waals surface area contributed by atoms with Crippen molar-refractivity contribution in [1.82, 2.24) is 0 Å². The zero-order valence-electron chi connectivity index (χ0n) is 10.1. The Morgan fingerprint density at radius 1 is 1.21 bits per heavy atom. The summed E-state index contributed by atoms with van der Waals surface area (Å²) in [6.45, 7) is 0.630. The van der Waals surface area contributed by atoms with Gasteiger partial charge < -0.3 is 4.74 Å². The van der Waals surface area contributed by atoms with Crippen LogP contribution in [0.5, 0.6) is 5.75 Å². The first-order valence-electron chi connectivity index (χ1n) is 5.98. The van der Waals surface area contributed by atoms with Crippen LogP contribution in [0.1, 0.15) is 12.0 Å². The Balaban J connectivity index is 1.96. The summed E-state index contributed by atoms with van der Waals surface area (Å²) in [5.41, 5.74) is 1.57. The molecule has 0 atom stereocenters. The van der Waals surface area contributed by atoms with E-state index in [1.165, 1.54) is 11.3 Å². The fraction of sp³-hybridized carbons (Fsp3) is 0.231. The maximum absolute atomic E-state index is 12.2. The number of benzene rings is 1. The molecule has 2 aromatic rings. The molecule has 1 N–H and O–H groups in total. The van der Waals surface area contributed by atoms with Crippen LogP contribution in [0.4, 0.5) is 5.69 Å². The lowest BCUT2D eigenvalue weighted by molar-refractivity contribution is 0.290. The first-order chi connectivity index (χ1) is 9.17. The number of thiophene rings is 1. The highest BCUT2D eigenvalue weighted by atomic mass is 32.2. The number of hydrogen-bond acceptors (Lipinski definition) is 4. The summed E-state index contributed by atoms with van der Waals surface area (Å²) in [5.74, 6) is 0.661. The van der Waals surface area contributed by atoms with Gasteiger partial charge in [-0.15, -0.1) is 11.3 Å². The van der Waals surface area contributed by atoms with Crippen LogP contribution >= 0.6 is 11.3 Å². The zero-order chi connectivity index (χ0) is 13.3. The van der Waals surface area contributed by atoms with Crippen molar-refractivity contribution < 1.29 is 13.2 Å². The standard InChI is InChI=1S/C13H13NO3S2/c15-19(16,12-7-3-9-18-12)14-11-6-1-4-10-5-2-8-17-13(10)11/h1,3-4,6-7,9,14H,2,5,8H2. The number of para-hydroxylation sites is 1. The fourth-order valence-electron chi connectivity index (χ4n) is 2.08. The van der Waals surface area contributed by atoms with Gasteiger partial charge in [0.15, 0.2) is 0 Å². The minimum absolute atomic E-state index is 0.306. The molecule has 3 rings (SSSR count). The average molecular weight is 295 g/mol. The van der Waals surface area contributed by atoms with Crippen molar-refractivity contribution in [3.63, 3.8) is 0 Å². The maximum Gasteiger partial charge on any atom is 0.271 e. The van der Waals surface area contributed by atoms with E-state index < -0.39 is 10.0 Å². The summed E-state index contributed by atoms with van der Waals surface area (Å²) >= 11 is 1.20. The Morgan fingerprint density at radius 3 is 2.89 bits per heavy atom. The van der Waals surface area contributed by atoms with E-state index in [1.807, 2.05) is 12.1 Å². The van der Waals surface area contributed by atoms with Crippen LogP contribution in [0.2, 0.25) is 0 Å². The molecule has 0 amide bonds. The zero-order valence-corrected chi connectivity index (χ0v) is 11.8. The van der Waals surface area contributed by atoms with Crippen molar-refractivity contribution in [3.05, 3.63) is 41.3 Å². The minimum Gasteiger partial charge on any atom is -0.491 e. The van der Waals surface area contributed by atoms with E-state index in [0.29, 0.717) is 22.3 Å². The van der Waals surface area contributed by atoms with Crippen LogP contribution in [0.3, 0.4) is 0 Å². The van der Waals surface area contributed by atoms with Crippen molar-refractivity contribution in [2.75, 3.05) is 11.3 Å². The van der Waals surface area contributed by atoms with Crippen LogP contribution in [0.25, 0.3) is 0 Å². The predicted molar refractivity (Wildman–Crippen MR) is 75.4 cm³/mol. The number of sulfonamides is 1. The number of nitrogens with one attached hydrogen (secondary N) is 1. The highest BCUT2D eigenvalue weighted by molar-refractivity contribution is 7.94. The van der Waals surface area contributed by atoms with Gasteiger partial charge in [0.2, 0.25) is 0 Å². The molecule has 6 heteroatoms. The lowest BCUT2D eigenvalue weighted by Gasteiger charge is -2.20. The van der Waals surface area contributed by atoms with Crippen molar-refractivity contribution in [2.45, 2.75) is 17.1 Å². The number of aryl methyl sites for hydroxylation is 1. The lowest BCUT2D eigenvalue weighted by atomic mass is 10.1. The molecule has 0 unspecified atom stereocenters. The summed E-state index contributed by atoms with van der Waals surface area (Å²) in [4.78, 5) is 0. The van der Waals surface area contributed by atoms with Gasteiger partial charge in [-0.2, -0.15) is 0 Å². The third kappa shape index (κ3) is 2.46. The molecule has 4 nitrogen and oxygen atoms in total. The molecule has 1 aromatic heterocycles. The summed E-state index contributed by atoms with van der Waals surface area (Å²) in [5, 5.41) is 1.74. The van der Waals surface area contributed by atoms with Gasteiger partial charge in [-0.3, -0.25) is 4.72 Å². The Morgan fingerprint density at radius 2 is 2.11 bits per heavy atom. The number of fused-ring (bicyclic) bond motifs is 1. The van der Waals surface area contributed by atoms with Gasteiger partial charge in [0.25, 0.3) is 10.0 Å². The van der Waals surface area contributed by atoms with Crippen LogP contribution in [-0.4, -0.2) is 15.0 Å². The van der Waals surface area contributed by atoms with Gasteiger partial charge in [-0.25, -0.2) is 8.42 Å². The molecule has 0 bridgehead atoms. The second-order valence-corrected chi connectivity index (χ2v) is 7.14. The third-order valence-electron chi connectivity index (χ3n) is 2.94. The Bertz CT molecular complexity index is 678. The summed E-state index contributed by atoms with van der Waals surface area (Å²) in [6, 6.07) is 8.85. The normalized spacial score (nSPS) is 14.5. The topological polar surface area (TPSA) is 55.4 Å². The molecule has 100 valence electrons. The Kier molecular flexibility index (Phi) is 3.20. The molecular formula is C13H13NO3S2. The van der Waals surface area contributed by atoms with Gasteiger partial charge in [-0.1, -0.05) is 18.2 Å². The fourth-order valence-corrected chi connectivity index (χ4v) is 4.14. The quantitative estimate of drug-likeness (QED) is 0.947. The molecule has 0 fully saturated rings. The van der Waals surface area contributed by atoms with Crippen LogP contribution in [-0.2, 0) is 16.4 Å². The predicted octanol–water partition coefficient (Wildman–Crippen LogP) is 2.87. The molecular weight excluding hydrogens is 282 g/mol. The molecule has 0 saturated heterocycles. The number of ether oxygens (including phenoxy) is 1. The third-order valence-corrected chi connectivity index (χ3v) is 5.70. The molecule has 19 heavy (non-hydrogen) atoms. The lowest BCUT2D eigenvalue weighted by Crippen LogP contribution is -2.15. The van der Waals surface area contributed by atoms with Gasteiger partial charge in [0, 0.05) is 0 Å². The first kappa shape index (κ1) is 12.5. The van der Waals surface area contributed by atoms with Gasteiger partial charge >= 0.3 is 0 Å². The van der Waals surface area contributed by atoms with E-state index in [2.05, 4.69) is 4.72 Å². The second kappa shape index (κ2) is 4.86. The SMILES string of the molecule is O=S(=O)(Nc1cccc2c1OCCC2)c1cccs1. The van der Waals surface area contributed by atoms with E-state index in [4.69, 9.17) is 4.74 Å². The number of anilines is 1. The average Bonchev–Trinajstić information content (AvgIpc) is 2.93. The highest BCUT2D eigenvalue weighted by Gasteiger charge is 2.20. The molecule has 0 spiro atoms. The van der Waals surface area contributed by atoms with Gasteiger partial charge in [-0.05, 0) is 35.9 Å². The van der Waals surface area contributed by atoms with Crippen LogP contribution in [0.15, 0.2) is 39.9 Å².